The molecule has 1 aliphatic rings. The lowest BCUT2D eigenvalue weighted by atomic mass is 10.1. The van der Waals surface area contributed by atoms with Crippen LogP contribution in [0.2, 0.25) is 0 Å². The number of benzene rings is 2. The van der Waals surface area contributed by atoms with Gasteiger partial charge in [0.25, 0.3) is 10.0 Å². The van der Waals surface area contributed by atoms with Gasteiger partial charge in [0.2, 0.25) is 0 Å². The van der Waals surface area contributed by atoms with Crippen LogP contribution in [0.15, 0.2) is 59.6 Å². The Labute approximate surface area is 172 Å². The molecule has 0 saturated carbocycles. The topological polar surface area (TPSA) is 54.8 Å². The summed E-state index contributed by atoms with van der Waals surface area (Å²) >= 11 is 0. The Morgan fingerprint density at radius 2 is 1.62 bits per heavy atom. The molecule has 1 aromatic heterocycles. The van der Waals surface area contributed by atoms with Crippen molar-refractivity contribution in [1.29, 1.82) is 0 Å². The standard InChI is InChI=1S/C22H27N3O3S/c1-17(24-14-12-23(2)13-15-24)21-16-25(22-7-5-4-6-20(21)22)29(26,27)19-10-8-18(28-3)9-11-19/h4-11,16-17H,12-15H2,1-3H3/t17-/m1/s1. The Bertz CT molecular complexity index is 1100. The van der Waals surface area contributed by atoms with E-state index in [0.29, 0.717) is 11.3 Å². The molecule has 1 aliphatic heterocycles. The lowest BCUT2D eigenvalue weighted by Crippen LogP contribution is -2.45. The number of rotatable bonds is 5. The molecule has 2 aromatic carbocycles. The minimum Gasteiger partial charge on any atom is -0.497 e. The number of methoxy groups -OCH3 is 1. The molecule has 0 unspecified atom stereocenters. The summed E-state index contributed by atoms with van der Waals surface area (Å²) in [6, 6.07) is 14.4. The molecule has 7 heteroatoms. The second-order valence-electron chi connectivity index (χ2n) is 7.59. The molecule has 1 saturated heterocycles. The Balaban J connectivity index is 1.77. The number of piperazine rings is 1. The quantitative estimate of drug-likeness (QED) is 0.643. The molecule has 154 valence electrons. The van der Waals surface area contributed by atoms with Gasteiger partial charge in [0.05, 0.1) is 17.5 Å². The minimum atomic E-state index is -3.71. The predicted octanol–water partition coefficient (Wildman–Crippen LogP) is 3.20. The van der Waals surface area contributed by atoms with Gasteiger partial charge in [-0.2, -0.15) is 0 Å². The lowest BCUT2D eigenvalue weighted by molar-refractivity contribution is 0.119. The highest BCUT2D eigenvalue weighted by Gasteiger charge is 2.26. The molecule has 0 radical (unpaired) electrons. The van der Waals surface area contributed by atoms with Crippen LogP contribution in [-0.2, 0) is 10.0 Å². The van der Waals surface area contributed by atoms with Crippen molar-refractivity contribution in [2.24, 2.45) is 0 Å². The summed E-state index contributed by atoms with van der Waals surface area (Å²) < 4.78 is 33.4. The predicted molar refractivity (Wildman–Crippen MR) is 115 cm³/mol. The Morgan fingerprint density at radius 1 is 0.966 bits per heavy atom. The first-order valence-corrected chi connectivity index (χ1v) is 11.3. The average Bonchev–Trinajstić information content (AvgIpc) is 3.14. The SMILES string of the molecule is COc1ccc(S(=O)(=O)n2cc([C@@H](C)N3CCN(C)CC3)c3ccccc32)cc1. The molecular weight excluding hydrogens is 386 g/mol. The van der Waals surface area contributed by atoms with E-state index < -0.39 is 10.0 Å². The Kier molecular flexibility index (Phi) is 5.38. The van der Waals surface area contributed by atoms with Gasteiger partial charge in [-0.25, -0.2) is 12.4 Å². The fourth-order valence-corrected chi connectivity index (χ4v) is 5.35. The molecule has 4 rings (SSSR count). The smallest absolute Gasteiger partial charge is 0.268 e. The molecule has 1 atom stereocenters. The van der Waals surface area contributed by atoms with Crippen LogP contribution in [0.4, 0.5) is 0 Å². The normalized spacial score (nSPS) is 17.5. The average molecular weight is 414 g/mol. The zero-order valence-corrected chi connectivity index (χ0v) is 17.9. The third-order valence-corrected chi connectivity index (χ3v) is 7.55. The molecule has 0 amide bonds. The first kappa shape index (κ1) is 19.9. The summed E-state index contributed by atoms with van der Waals surface area (Å²) in [5.41, 5.74) is 1.75. The molecule has 0 spiro atoms. The molecule has 0 bridgehead atoms. The third-order valence-electron chi connectivity index (χ3n) is 5.86. The molecule has 0 N–H and O–H groups in total. The van der Waals surface area contributed by atoms with E-state index in [9.17, 15) is 8.42 Å². The van der Waals surface area contributed by atoms with Crippen LogP contribution in [0.5, 0.6) is 5.75 Å². The fourth-order valence-electron chi connectivity index (χ4n) is 3.97. The molecule has 0 aliphatic carbocycles. The van der Waals surface area contributed by atoms with Gasteiger partial charge < -0.3 is 9.64 Å². The highest BCUT2D eigenvalue weighted by atomic mass is 32.2. The van der Waals surface area contributed by atoms with E-state index in [1.54, 1.807) is 37.6 Å². The largest absolute Gasteiger partial charge is 0.497 e. The van der Waals surface area contributed by atoms with Gasteiger partial charge >= 0.3 is 0 Å². The number of aromatic nitrogens is 1. The van der Waals surface area contributed by atoms with E-state index in [2.05, 4.69) is 23.8 Å². The molecule has 1 fully saturated rings. The highest BCUT2D eigenvalue weighted by molar-refractivity contribution is 7.90. The van der Waals surface area contributed by atoms with Gasteiger partial charge in [0.1, 0.15) is 5.75 Å². The van der Waals surface area contributed by atoms with Gasteiger partial charge in [-0.05, 0) is 49.9 Å². The summed E-state index contributed by atoms with van der Waals surface area (Å²) in [6.45, 7) is 6.16. The number of hydrogen-bond donors (Lipinski definition) is 0. The van der Waals surface area contributed by atoms with Gasteiger partial charge in [-0.1, -0.05) is 18.2 Å². The van der Waals surface area contributed by atoms with E-state index >= 15 is 0 Å². The molecule has 6 nitrogen and oxygen atoms in total. The van der Waals surface area contributed by atoms with Crippen molar-refractivity contribution in [2.75, 3.05) is 40.3 Å². The van der Waals surface area contributed by atoms with Gasteiger partial charge in [0.15, 0.2) is 0 Å². The molecule has 2 heterocycles. The van der Waals surface area contributed by atoms with E-state index in [1.165, 1.54) is 3.97 Å². The maximum Gasteiger partial charge on any atom is 0.268 e. The highest BCUT2D eigenvalue weighted by Crippen LogP contribution is 2.33. The summed E-state index contributed by atoms with van der Waals surface area (Å²) in [6.07, 6.45) is 1.80. The van der Waals surface area contributed by atoms with E-state index in [4.69, 9.17) is 4.74 Å². The van der Waals surface area contributed by atoms with Crippen molar-refractivity contribution < 1.29 is 13.2 Å². The van der Waals surface area contributed by atoms with Crippen molar-refractivity contribution in [2.45, 2.75) is 17.9 Å². The number of likely N-dealkylation sites (N-methyl/N-ethyl adjacent to an activating group) is 1. The molecular formula is C22H27N3O3S. The zero-order valence-electron chi connectivity index (χ0n) is 17.1. The molecule has 3 aromatic rings. The van der Waals surface area contributed by atoms with Crippen LogP contribution in [-0.4, -0.2) is 62.5 Å². The second kappa shape index (κ2) is 7.82. The zero-order chi connectivity index (χ0) is 20.6. The number of ether oxygens (including phenoxy) is 1. The van der Waals surface area contributed by atoms with Crippen molar-refractivity contribution in [3.8, 4) is 5.75 Å². The van der Waals surface area contributed by atoms with Crippen molar-refractivity contribution >= 4 is 20.9 Å². The van der Waals surface area contributed by atoms with E-state index in [0.717, 1.165) is 37.1 Å². The first-order valence-electron chi connectivity index (χ1n) is 9.84. The summed E-state index contributed by atoms with van der Waals surface area (Å²) in [5, 5.41) is 0.982. The fraction of sp³-hybridized carbons (Fsp3) is 0.364. The van der Waals surface area contributed by atoms with Gasteiger partial charge in [-0.3, -0.25) is 4.90 Å². The molecule has 29 heavy (non-hydrogen) atoms. The maximum atomic E-state index is 13.4. The number of nitrogens with zero attached hydrogens (tertiary/aromatic N) is 3. The van der Waals surface area contributed by atoms with Gasteiger partial charge in [-0.15, -0.1) is 0 Å². The lowest BCUT2D eigenvalue weighted by Gasteiger charge is -2.36. The summed E-state index contributed by atoms with van der Waals surface area (Å²) in [7, 11) is -0.00968. The number of para-hydroxylation sites is 1. The van der Waals surface area contributed by atoms with E-state index in [-0.39, 0.29) is 10.9 Å². The Morgan fingerprint density at radius 3 is 2.28 bits per heavy atom. The van der Waals surface area contributed by atoms with Crippen LogP contribution in [0.1, 0.15) is 18.5 Å². The van der Waals surface area contributed by atoms with Crippen molar-refractivity contribution in [3.63, 3.8) is 0 Å². The third kappa shape index (κ3) is 3.66. The van der Waals surface area contributed by atoms with Crippen LogP contribution in [0.25, 0.3) is 10.9 Å². The monoisotopic (exact) mass is 413 g/mol. The van der Waals surface area contributed by atoms with Crippen molar-refractivity contribution in [3.05, 3.63) is 60.3 Å². The van der Waals surface area contributed by atoms with E-state index in [1.807, 2.05) is 24.3 Å². The number of fused-ring (bicyclic) bond motifs is 1. The Hall–Kier alpha value is -2.35. The maximum absolute atomic E-state index is 13.4. The summed E-state index contributed by atoms with van der Waals surface area (Å²) in [4.78, 5) is 4.99. The number of hydrogen-bond acceptors (Lipinski definition) is 5. The minimum absolute atomic E-state index is 0.140. The van der Waals surface area contributed by atoms with Crippen molar-refractivity contribution in [1.82, 2.24) is 13.8 Å². The van der Waals surface area contributed by atoms with Crippen LogP contribution in [0, 0.1) is 0 Å². The van der Waals surface area contributed by atoms with Crippen LogP contribution in [0.3, 0.4) is 0 Å². The second-order valence-corrected chi connectivity index (χ2v) is 9.41. The first-order chi connectivity index (χ1) is 13.9. The summed E-state index contributed by atoms with van der Waals surface area (Å²) in [5.74, 6) is 0.630. The van der Waals surface area contributed by atoms with Crippen LogP contribution < -0.4 is 4.74 Å². The van der Waals surface area contributed by atoms with Crippen LogP contribution >= 0.6 is 0 Å². The van der Waals surface area contributed by atoms with Gasteiger partial charge in [0, 0.05) is 43.8 Å².